The van der Waals surface area contributed by atoms with Crippen molar-refractivity contribution in [3.8, 4) is 5.75 Å². The molecule has 1 aliphatic heterocycles. The molecule has 1 heterocycles. The highest BCUT2D eigenvalue weighted by atomic mass is 32.1. The quantitative estimate of drug-likeness (QED) is 0.358. The van der Waals surface area contributed by atoms with Gasteiger partial charge in [0.1, 0.15) is 17.3 Å². The van der Waals surface area contributed by atoms with Crippen LogP contribution in [0.4, 0.5) is 4.39 Å². The van der Waals surface area contributed by atoms with E-state index in [4.69, 9.17) is 10.1 Å². The number of ketones is 1. The standard InChI is InChI=1S/C25H28FN3O4S/c1-28(2)25(32)23(30)22(27)19-13-18(20(33-3)14-21(19)34)24(31)29-10-8-16(9-11-29)12-15-4-6-17(26)7-5-15/h4-7,13-14,16,27,34H,8-12H2,1-3H3. The van der Waals surface area contributed by atoms with E-state index in [-0.39, 0.29) is 33.5 Å². The third-order valence-electron chi connectivity index (χ3n) is 5.98. The Hall–Kier alpha value is -3.20. The largest absolute Gasteiger partial charge is 0.496 e. The number of nitrogens with zero attached hydrogens (tertiary/aromatic N) is 2. The van der Waals surface area contributed by atoms with E-state index in [1.165, 1.54) is 45.5 Å². The summed E-state index contributed by atoms with van der Waals surface area (Å²) in [5.74, 6) is -1.67. The normalized spacial score (nSPS) is 14.0. The molecule has 3 rings (SSSR count). The van der Waals surface area contributed by atoms with Crippen molar-refractivity contribution in [2.45, 2.75) is 24.2 Å². The average Bonchev–Trinajstić information content (AvgIpc) is 2.83. The van der Waals surface area contributed by atoms with Crippen LogP contribution in [0.3, 0.4) is 0 Å². The molecule has 0 aromatic heterocycles. The number of ether oxygens (including phenoxy) is 1. The lowest BCUT2D eigenvalue weighted by Crippen LogP contribution is -2.39. The van der Waals surface area contributed by atoms with Gasteiger partial charge in [-0.25, -0.2) is 4.39 Å². The van der Waals surface area contributed by atoms with Crippen molar-refractivity contribution in [3.05, 3.63) is 58.9 Å². The molecule has 2 aromatic rings. The second-order valence-electron chi connectivity index (χ2n) is 8.54. The second-order valence-corrected chi connectivity index (χ2v) is 9.02. The lowest BCUT2D eigenvalue weighted by molar-refractivity contribution is -0.139. The summed E-state index contributed by atoms with van der Waals surface area (Å²) in [7, 11) is 4.29. The molecule has 0 spiro atoms. The molecule has 2 amide bonds. The summed E-state index contributed by atoms with van der Waals surface area (Å²) >= 11 is 4.34. The van der Waals surface area contributed by atoms with Gasteiger partial charge < -0.3 is 14.5 Å². The van der Waals surface area contributed by atoms with Gasteiger partial charge >= 0.3 is 0 Å². The van der Waals surface area contributed by atoms with Crippen molar-refractivity contribution in [3.63, 3.8) is 0 Å². The number of carbonyl (C=O) groups is 3. The number of carbonyl (C=O) groups excluding carboxylic acids is 3. The first kappa shape index (κ1) is 25.4. The fourth-order valence-corrected chi connectivity index (χ4v) is 4.30. The van der Waals surface area contributed by atoms with Gasteiger partial charge in [-0.3, -0.25) is 19.8 Å². The monoisotopic (exact) mass is 485 g/mol. The van der Waals surface area contributed by atoms with Crippen molar-refractivity contribution in [1.29, 1.82) is 5.41 Å². The van der Waals surface area contributed by atoms with Crippen LogP contribution in [0.25, 0.3) is 0 Å². The Bertz CT molecular complexity index is 1110. The maximum atomic E-state index is 13.3. The van der Waals surface area contributed by atoms with Gasteiger partial charge in [0.15, 0.2) is 0 Å². The minimum absolute atomic E-state index is 0.0962. The van der Waals surface area contributed by atoms with Crippen molar-refractivity contribution in [1.82, 2.24) is 9.80 Å². The molecule has 9 heteroatoms. The Balaban J connectivity index is 1.75. The molecule has 1 fully saturated rings. The molecule has 0 saturated carbocycles. The molecule has 0 unspecified atom stereocenters. The van der Waals surface area contributed by atoms with Crippen molar-refractivity contribution < 1.29 is 23.5 Å². The number of hydrogen-bond acceptors (Lipinski definition) is 6. The molecule has 2 aromatic carbocycles. The maximum Gasteiger partial charge on any atom is 0.296 e. The highest BCUT2D eigenvalue weighted by molar-refractivity contribution is 7.80. The molecule has 0 aliphatic carbocycles. The van der Waals surface area contributed by atoms with Gasteiger partial charge in [-0.2, -0.15) is 0 Å². The van der Waals surface area contributed by atoms with Gasteiger partial charge in [-0.1, -0.05) is 12.1 Å². The molecule has 0 bridgehead atoms. The van der Waals surface area contributed by atoms with Crippen molar-refractivity contribution in [2.75, 3.05) is 34.3 Å². The van der Waals surface area contributed by atoms with Crippen molar-refractivity contribution in [2.24, 2.45) is 5.92 Å². The highest BCUT2D eigenvalue weighted by Crippen LogP contribution is 2.30. The van der Waals surface area contributed by atoms with E-state index >= 15 is 0 Å². The molecule has 7 nitrogen and oxygen atoms in total. The zero-order chi connectivity index (χ0) is 25.0. The van der Waals surface area contributed by atoms with E-state index in [0.29, 0.717) is 19.0 Å². The van der Waals surface area contributed by atoms with Gasteiger partial charge in [0.05, 0.1) is 12.7 Å². The molecule has 34 heavy (non-hydrogen) atoms. The average molecular weight is 486 g/mol. The zero-order valence-electron chi connectivity index (χ0n) is 19.4. The lowest BCUT2D eigenvalue weighted by Gasteiger charge is -2.32. The molecule has 180 valence electrons. The summed E-state index contributed by atoms with van der Waals surface area (Å²) in [5, 5.41) is 8.22. The minimum atomic E-state index is -0.981. The van der Waals surface area contributed by atoms with E-state index in [9.17, 15) is 18.8 Å². The fourth-order valence-electron chi connectivity index (χ4n) is 4.00. The SMILES string of the molecule is COc1cc(S)c(C(=N)C(=O)C(=O)N(C)C)cc1C(=O)N1CCC(Cc2ccc(F)cc2)CC1. The third-order valence-corrected chi connectivity index (χ3v) is 6.35. The second kappa shape index (κ2) is 10.8. The Morgan fingerprint density at radius 3 is 2.29 bits per heavy atom. The third kappa shape index (κ3) is 5.64. The van der Waals surface area contributed by atoms with E-state index in [1.807, 2.05) is 0 Å². The van der Waals surface area contributed by atoms with Crippen LogP contribution in [0.1, 0.15) is 34.3 Å². The van der Waals surface area contributed by atoms with Crippen LogP contribution in [-0.4, -0.2) is 67.4 Å². The summed E-state index contributed by atoms with van der Waals surface area (Å²) < 4.78 is 18.5. The molecular weight excluding hydrogens is 457 g/mol. The first-order valence-corrected chi connectivity index (χ1v) is 11.4. The smallest absolute Gasteiger partial charge is 0.296 e. The molecule has 1 N–H and O–H groups in total. The summed E-state index contributed by atoms with van der Waals surface area (Å²) in [6.07, 6.45) is 2.42. The maximum absolute atomic E-state index is 13.3. The first-order chi connectivity index (χ1) is 16.1. The van der Waals surface area contributed by atoms with Crippen LogP contribution in [0, 0.1) is 17.1 Å². The van der Waals surface area contributed by atoms with Crippen LogP contribution < -0.4 is 4.74 Å². The fraction of sp³-hybridized carbons (Fsp3) is 0.360. The number of thiol groups is 1. The van der Waals surface area contributed by atoms with Crippen LogP contribution in [-0.2, 0) is 16.0 Å². The zero-order valence-corrected chi connectivity index (χ0v) is 20.3. The summed E-state index contributed by atoms with van der Waals surface area (Å²) in [6.45, 7) is 1.09. The summed E-state index contributed by atoms with van der Waals surface area (Å²) in [4.78, 5) is 40.8. The van der Waals surface area contributed by atoms with Gasteiger partial charge in [-0.05, 0) is 55.0 Å². The van der Waals surface area contributed by atoms with E-state index in [0.717, 1.165) is 29.7 Å². The predicted octanol–water partition coefficient (Wildman–Crippen LogP) is 3.24. The Labute approximate surface area is 203 Å². The Morgan fingerprint density at radius 2 is 1.74 bits per heavy atom. The molecule has 1 saturated heterocycles. The van der Waals surface area contributed by atoms with Gasteiger partial charge in [0.25, 0.3) is 17.6 Å². The number of Topliss-reactive ketones (excluding diaryl/α,β-unsaturated/α-hetero) is 1. The number of nitrogens with one attached hydrogen (secondary N) is 1. The number of benzene rings is 2. The summed E-state index contributed by atoms with van der Waals surface area (Å²) in [5.41, 5.74) is 0.844. The number of likely N-dealkylation sites (N-methyl/N-ethyl adjacent to an activating group) is 1. The number of rotatable bonds is 7. The van der Waals surface area contributed by atoms with Gasteiger partial charge in [0.2, 0.25) is 0 Å². The van der Waals surface area contributed by atoms with E-state index < -0.39 is 17.4 Å². The Morgan fingerprint density at radius 1 is 1.12 bits per heavy atom. The molecular formula is C25H28FN3O4S. The number of hydrogen-bond donors (Lipinski definition) is 2. The molecule has 0 atom stereocenters. The van der Waals surface area contributed by atoms with Crippen LogP contribution in [0.5, 0.6) is 5.75 Å². The molecule has 1 aliphatic rings. The number of piperidine rings is 1. The van der Waals surface area contributed by atoms with Gasteiger partial charge in [0, 0.05) is 37.6 Å². The van der Waals surface area contributed by atoms with E-state index in [1.54, 1.807) is 17.0 Å². The minimum Gasteiger partial charge on any atom is -0.496 e. The lowest BCUT2D eigenvalue weighted by atomic mass is 9.90. The summed E-state index contributed by atoms with van der Waals surface area (Å²) in [6, 6.07) is 9.37. The van der Waals surface area contributed by atoms with Crippen molar-refractivity contribution >= 4 is 35.9 Å². The number of amides is 2. The topological polar surface area (TPSA) is 90.8 Å². The number of halogens is 1. The van der Waals surface area contributed by atoms with Crippen LogP contribution in [0.2, 0.25) is 0 Å². The number of methoxy groups -OCH3 is 1. The Kier molecular flexibility index (Phi) is 8.09. The predicted molar refractivity (Wildman–Crippen MR) is 130 cm³/mol. The molecule has 0 radical (unpaired) electrons. The number of likely N-dealkylation sites (tertiary alicyclic amines) is 1. The van der Waals surface area contributed by atoms with Gasteiger partial charge in [-0.15, -0.1) is 12.6 Å². The van der Waals surface area contributed by atoms with E-state index in [2.05, 4.69) is 12.6 Å². The first-order valence-electron chi connectivity index (χ1n) is 10.9. The van der Waals surface area contributed by atoms with Crippen LogP contribution in [0.15, 0.2) is 41.3 Å². The highest BCUT2D eigenvalue weighted by Gasteiger charge is 2.29. The van der Waals surface area contributed by atoms with Crippen LogP contribution >= 0.6 is 12.6 Å².